The number of aromatic nitrogens is 2. The SMILES string of the molecule is CCOP(=O)(CC(NC(=O)c1cc(N(C)C)nc(-c2ccccc2)n1)C(=O)N1CCNCC1)OCC. The molecule has 1 aromatic heterocycles. The molecule has 12 heteroatoms. The molecular formula is C24H35N6O5P. The molecule has 0 aliphatic carbocycles. The van der Waals surface area contributed by atoms with Crippen molar-refractivity contribution >= 4 is 25.2 Å². The van der Waals surface area contributed by atoms with Crippen LogP contribution in [0.25, 0.3) is 11.4 Å². The van der Waals surface area contributed by atoms with Gasteiger partial charge in [-0.25, -0.2) is 9.97 Å². The third-order valence-electron chi connectivity index (χ3n) is 5.53. The van der Waals surface area contributed by atoms with Gasteiger partial charge in [0.2, 0.25) is 5.91 Å². The van der Waals surface area contributed by atoms with Crippen LogP contribution in [0.4, 0.5) is 5.82 Å². The summed E-state index contributed by atoms with van der Waals surface area (Å²) in [6.07, 6.45) is -0.277. The maximum absolute atomic E-state index is 13.4. The fourth-order valence-electron chi connectivity index (χ4n) is 3.78. The molecule has 1 aromatic carbocycles. The molecule has 0 spiro atoms. The molecular weight excluding hydrogens is 483 g/mol. The van der Waals surface area contributed by atoms with Crippen molar-refractivity contribution in [2.24, 2.45) is 0 Å². The van der Waals surface area contributed by atoms with Crippen molar-refractivity contribution in [1.82, 2.24) is 25.5 Å². The largest absolute Gasteiger partial charge is 0.363 e. The Hall–Kier alpha value is -2.85. The Labute approximate surface area is 212 Å². The molecule has 196 valence electrons. The number of carbonyl (C=O) groups is 2. The van der Waals surface area contributed by atoms with Crippen molar-refractivity contribution in [2.45, 2.75) is 19.9 Å². The number of rotatable bonds is 11. The van der Waals surface area contributed by atoms with Crippen LogP contribution in [0.15, 0.2) is 36.4 Å². The lowest BCUT2D eigenvalue weighted by Crippen LogP contribution is -2.55. The normalized spacial score (nSPS) is 14.8. The van der Waals surface area contributed by atoms with Crippen LogP contribution in [0.3, 0.4) is 0 Å². The zero-order valence-electron chi connectivity index (χ0n) is 21.3. The molecule has 0 radical (unpaired) electrons. The highest BCUT2D eigenvalue weighted by Crippen LogP contribution is 2.48. The first-order chi connectivity index (χ1) is 17.3. The standard InChI is InChI=1S/C24H35N6O5P/c1-5-34-36(33,35-6-2)17-20(24(32)30-14-12-25-13-15-30)27-23(31)19-16-21(29(3)4)28-22(26-19)18-10-8-7-9-11-18/h7-11,16,20,25H,5-6,12-15,17H2,1-4H3,(H,27,31). The topological polar surface area (TPSA) is 126 Å². The van der Waals surface area contributed by atoms with E-state index < -0.39 is 19.5 Å². The first kappa shape index (κ1) is 27.7. The molecule has 11 nitrogen and oxygen atoms in total. The van der Waals surface area contributed by atoms with E-state index in [2.05, 4.69) is 20.6 Å². The van der Waals surface area contributed by atoms with Crippen LogP contribution in [-0.4, -0.2) is 92.4 Å². The van der Waals surface area contributed by atoms with E-state index >= 15 is 0 Å². The number of amides is 2. The minimum absolute atomic E-state index is 0.0910. The summed E-state index contributed by atoms with van der Waals surface area (Å²) in [4.78, 5) is 39.3. The summed E-state index contributed by atoms with van der Waals surface area (Å²) < 4.78 is 24.1. The van der Waals surface area contributed by atoms with Gasteiger partial charge >= 0.3 is 7.60 Å². The summed E-state index contributed by atoms with van der Waals surface area (Å²) in [5, 5.41) is 5.95. The maximum Gasteiger partial charge on any atom is 0.333 e. The van der Waals surface area contributed by atoms with Gasteiger partial charge < -0.3 is 29.5 Å². The van der Waals surface area contributed by atoms with Gasteiger partial charge in [0.15, 0.2) is 5.82 Å². The Balaban J connectivity index is 1.93. The molecule has 1 fully saturated rings. The predicted octanol–water partition coefficient (Wildman–Crippen LogP) is 2.01. The van der Waals surface area contributed by atoms with Gasteiger partial charge in [-0.15, -0.1) is 0 Å². The Bertz CT molecular complexity index is 1070. The molecule has 0 saturated carbocycles. The van der Waals surface area contributed by atoms with E-state index in [9.17, 15) is 14.2 Å². The highest BCUT2D eigenvalue weighted by atomic mass is 31.2. The number of benzene rings is 1. The van der Waals surface area contributed by atoms with E-state index in [-0.39, 0.29) is 31.0 Å². The quantitative estimate of drug-likeness (QED) is 0.430. The average molecular weight is 519 g/mol. The van der Waals surface area contributed by atoms with Crippen LogP contribution in [0.5, 0.6) is 0 Å². The number of nitrogens with one attached hydrogen (secondary N) is 2. The van der Waals surface area contributed by atoms with Gasteiger partial charge in [0, 0.05) is 51.9 Å². The molecule has 3 rings (SSSR count). The van der Waals surface area contributed by atoms with E-state index in [0.717, 1.165) is 5.56 Å². The smallest absolute Gasteiger partial charge is 0.333 e. The molecule has 36 heavy (non-hydrogen) atoms. The van der Waals surface area contributed by atoms with E-state index in [1.165, 1.54) is 0 Å². The summed E-state index contributed by atoms with van der Waals surface area (Å²) in [6.45, 7) is 5.94. The first-order valence-electron chi connectivity index (χ1n) is 12.1. The Kier molecular flexibility index (Phi) is 9.95. The summed E-state index contributed by atoms with van der Waals surface area (Å²) in [5.41, 5.74) is 0.842. The van der Waals surface area contributed by atoms with Crippen LogP contribution in [0, 0.1) is 0 Å². The second kappa shape index (κ2) is 12.9. The Morgan fingerprint density at radius 1 is 1.11 bits per heavy atom. The van der Waals surface area contributed by atoms with Gasteiger partial charge in [0.05, 0.1) is 19.4 Å². The van der Waals surface area contributed by atoms with Crippen LogP contribution in [0.1, 0.15) is 24.3 Å². The molecule has 1 saturated heterocycles. The number of carbonyl (C=O) groups excluding carboxylic acids is 2. The average Bonchev–Trinajstić information content (AvgIpc) is 2.88. The minimum atomic E-state index is -3.63. The highest BCUT2D eigenvalue weighted by Gasteiger charge is 2.36. The maximum atomic E-state index is 13.4. The van der Waals surface area contributed by atoms with Gasteiger partial charge in [-0.2, -0.15) is 0 Å². The van der Waals surface area contributed by atoms with E-state index in [4.69, 9.17) is 9.05 Å². The van der Waals surface area contributed by atoms with Gasteiger partial charge in [-0.3, -0.25) is 14.2 Å². The number of hydrogen-bond donors (Lipinski definition) is 2. The lowest BCUT2D eigenvalue weighted by atomic mass is 10.2. The fraction of sp³-hybridized carbons (Fsp3) is 0.500. The number of hydrogen-bond acceptors (Lipinski definition) is 9. The van der Waals surface area contributed by atoms with Crippen LogP contribution in [-0.2, 0) is 18.4 Å². The molecule has 2 aromatic rings. The molecule has 2 N–H and O–H groups in total. The summed E-state index contributed by atoms with van der Waals surface area (Å²) in [5.74, 6) is -0.000102. The second-order valence-corrected chi connectivity index (χ2v) is 10.5. The predicted molar refractivity (Wildman–Crippen MR) is 138 cm³/mol. The van der Waals surface area contributed by atoms with Crippen molar-refractivity contribution < 1.29 is 23.2 Å². The van der Waals surface area contributed by atoms with Gasteiger partial charge in [-0.1, -0.05) is 30.3 Å². The molecule has 1 aliphatic heterocycles. The Morgan fingerprint density at radius 2 is 1.75 bits per heavy atom. The van der Waals surface area contributed by atoms with Crippen molar-refractivity contribution in [2.75, 3.05) is 64.5 Å². The van der Waals surface area contributed by atoms with Crippen molar-refractivity contribution in [3.8, 4) is 11.4 Å². The molecule has 2 amide bonds. The van der Waals surface area contributed by atoms with E-state index in [1.54, 1.807) is 29.7 Å². The zero-order chi connectivity index (χ0) is 26.1. The Morgan fingerprint density at radius 3 is 2.33 bits per heavy atom. The summed E-state index contributed by atoms with van der Waals surface area (Å²) in [6, 6.07) is 9.76. The van der Waals surface area contributed by atoms with E-state index in [1.807, 2.05) is 44.4 Å². The summed E-state index contributed by atoms with van der Waals surface area (Å²) >= 11 is 0. The molecule has 1 atom stereocenters. The monoisotopic (exact) mass is 518 g/mol. The third-order valence-corrected chi connectivity index (χ3v) is 7.64. The van der Waals surface area contributed by atoms with Crippen molar-refractivity contribution in [3.05, 3.63) is 42.1 Å². The first-order valence-corrected chi connectivity index (χ1v) is 13.8. The van der Waals surface area contributed by atoms with Gasteiger partial charge in [-0.05, 0) is 13.8 Å². The van der Waals surface area contributed by atoms with Crippen LogP contribution >= 0.6 is 7.60 Å². The lowest BCUT2D eigenvalue weighted by Gasteiger charge is -2.32. The fourth-order valence-corrected chi connectivity index (χ4v) is 5.55. The van der Waals surface area contributed by atoms with Crippen LogP contribution in [0.2, 0.25) is 0 Å². The molecule has 1 unspecified atom stereocenters. The molecule has 2 heterocycles. The summed E-state index contributed by atoms with van der Waals surface area (Å²) in [7, 11) is 0.00123. The minimum Gasteiger partial charge on any atom is -0.363 e. The van der Waals surface area contributed by atoms with E-state index in [0.29, 0.717) is 37.8 Å². The highest BCUT2D eigenvalue weighted by molar-refractivity contribution is 7.54. The van der Waals surface area contributed by atoms with Crippen LogP contribution < -0.4 is 15.5 Å². The van der Waals surface area contributed by atoms with Crippen molar-refractivity contribution in [3.63, 3.8) is 0 Å². The molecule has 1 aliphatic rings. The van der Waals surface area contributed by atoms with Crippen molar-refractivity contribution in [1.29, 1.82) is 0 Å². The zero-order valence-corrected chi connectivity index (χ0v) is 22.2. The number of anilines is 1. The lowest BCUT2D eigenvalue weighted by molar-refractivity contribution is -0.133. The van der Waals surface area contributed by atoms with Gasteiger partial charge in [0.1, 0.15) is 17.6 Å². The number of piperazine rings is 1. The molecule has 0 bridgehead atoms. The van der Waals surface area contributed by atoms with Gasteiger partial charge in [0.25, 0.3) is 5.91 Å². The number of nitrogens with zero attached hydrogens (tertiary/aromatic N) is 4. The second-order valence-electron chi connectivity index (χ2n) is 8.43. The third kappa shape index (κ3) is 7.33.